The minimum atomic E-state index is -2.12. The highest BCUT2D eigenvalue weighted by atomic mass is 32.2. The SMILES string of the molecule is CCN1CCOC2(CCS(=O)(=Nc3ccccc3)CC2)C1. The zero-order valence-electron chi connectivity index (χ0n) is 12.7. The van der Waals surface area contributed by atoms with Crippen LogP contribution in [0.2, 0.25) is 0 Å². The molecule has 21 heavy (non-hydrogen) atoms. The lowest BCUT2D eigenvalue weighted by atomic mass is 9.94. The van der Waals surface area contributed by atoms with E-state index < -0.39 is 9.73 Å². The Labute approximate surface area is 127 Å². The minimum absolute atomic E-state index is 0.0820. The Balaban J connectivity index is 1.72. The van der Waals surface area contributed by atoms with E-state index in [0.29, 0.717) is 11.5 Å². The molecule has 2 heterocycles. The average molecular weight is 308 g/mol. The number of ether oxygens (including phenoxy) is 1. The molecule has 0 atom stereocenters. The Morgan fingerprint density at radius 2 is 2.00 bits per heavy atom. The number of rotatable bonds is 2. The van der Waals surface area contributed by atoms with E-state index in [1.54, 1.807) is 0 Å². The van der Waals surface area contributed by atoms with E-state index in [2.05, 4.69) is 16.2 Å². The van der Waals surface area contributed by atoms with Crippen LogP contribution in [-0.4, -0.2) is 52.5 Å². The summed E-state index contributed by atoms with van der Waals surface area (Å²) in [4.78, 5) is 2.44. The highest BCUT2D eigenvalue weighted by molar-refractivity contribution is 7.93. The van der Waals surface area contributed by atoms with Gasteiger partial charge in [-0.25, -0.2) is 4.21 Å². The number of nitrogens with zero attached hydrogens (tertiary/aromatic N) is 2. The number of morpholine rings is 1. The molecule has 0 bridgehead atoms. The first-order chi connectivity index (χ1) is 10.1. The van der Waals surface area contributed by atoms with E-state index >= 15 is 0 Å². The summed E-state index contributed by atoms with van der Waals surface area (Å²) in [6, 6.07) is 9.68. The van der Waals surface area contributed by atoms with Crippen molar-refractivity contribution >= 4 is 15.4 Å². The average Bonchev–Trinajstić information content (AvgIpc) is 2.52. The Morgan fingerprint density at radius 1 is 1.29 bits per heavy atom. The van der Waals surface area contributed by atoms with E-state index in [1.165, 1.54) is 0 Å². The number of hydrogen-bond donors (Lipinski definition) is 0. The van der Waals surface area contributed by atoms with E-state index in [9.17, 15) is 4.21 Å². The number of hydrogen-bond acceptors (Lipinski definition) is 4. The minimum Gasteiger partial charge on any atom is -0.372 e. The molecule has 116 valence electrons. The van der Waals surface area contributed by atoms with Crippen molar-refractivity contribution in [1.82, 2.24) is 4.90 Å². The first-order valence-electron chi connectivity index (χ1n) is 7.77. The van der Waals surface area contributed by atoms with E-state index in [0.717, 1.165) is 44.8 Å². The molecule has 1 aromatic rings. The third-order valence-corrected chi connectivity index (χ3v) is 6.78. The third-order valence-electron chi connectivity index (χ3n) is 4.56. The van der Waals surface area contributed by atoms with Crippen molar-refractivity contribution in [3.63, 3.8) is 0 Å². The summed E-state index contributed by atoms with van der Waals surface area (Å²) < 4.78 is 23.5. The summed E-state index contributed by atoms with van der Waals surface area (Å²) in [7, 11) is -2.12. The van der Waals surface area contributed by atoms with Crippen molar-refractivity contribution in [3.05, 3.63) is 30.3 Å². The van der Waals surface area contributed by atoms with Gasteiger partial charge in [-0.1, -0.05) is 25.1 Å². The quantitative estimate of drug-likeness (QED) is 0.843. The van der Waals surface area contributed by atoms with Gasteiger partial charge in [0.1, 0.15) is 0 Å². The number of benzene rings is 1. The molecule has 1 spiro atoms. The van der Waals surface area contributed by atoms with Crippen LogP contribution in [0.3, 0.4) is 0 Å². The van der Waals surface area contributed by atoms with Crippen LogP contribution in [0.1, 0.15) is 19.8 Å². The third kappa shape index (κ3) is 3.47. The molecule has 2 aliphatic heterocycles. The highest BCUT2D eigenvalue weighted by Gasteiger charge is 2.40. The van der Waals surface area contributed by atoms with Gasteiger partial charge in [-0.2, -0.15) is 4.36 Å². The summed E-state index contributed by atoms with van der Waals surface area (Å²) in [6.07, 6.45) is 1.72. The summed E-state index contributed by atoms with van der Waals surface area (Å²) in [5.41, 5.74) is 0.750. The lowest BCUT2D eigenvalue weighted by molar-refractivity contribution is -0.112. The fourth-order valence-corrected chi connectivity index (χ4v) is 5.46. The van der Waals surface area contributed by atoms with Gasteiger partial charge in [-0.05, 0) is 31.5 Å². The number of likely N-dealkylation sites (N-methyl/N-ethyl adjacent to an activating group) is 1. The molecule has 0 saturated carbocycles. The van der Waals surface area contributed by atoms with E-state index in [-0.39, 0.29) is 5.60 Å². The maximum atomic E-state index is 12.9. The van der Waals surface area contributed by atoms with E-state index in [1.807, 2.05) is 30.3 Å². The van der Waals surface area contributed by atoms with Gasteiger partial charge in [-0.3, -0.25) is 4.90 Å². The van der Waals surface area contributed by atoms with Gasteiger partial charge in [0.25, 0.3) is 0 Å². The first-order valence-corrected chi connectivity index (χ1v) is 9.62. The second kappa shape index (κ2) is 6.07. The Bertz CT molecular complexity index is 580. The highest BCUT2D eigenvalue weighted by Crippen LogP contribution is 2.32. The molecule has 5 heteroatoms. The molecule has 0 amide bonds. The molecule has 2 saturated heterocycles. The molecular formula is C16H24N2O2S. The summed E-state index contributed by atoms with van der Waals surface area (Å²) in [5, 5.41) is 0. The molecule has 3 rings (SSSR count). The van der Waals surface area contributed by atoms with Gasteiger partial charge in [0.15, 0.2) is 0 Å². The second-order valence-corrected chi connectivity index (χ2v) is 8.55. The summed E-state index contributed by atoms with van der Waals surface area (Å²) >= 11 is 0. The predicted octanol–water partition coefficient (Wildman–Crippen LogP) is 2.67. The van der Waals surface area contributed by atoms with Crippen LogP contribution in [0.25, 0.3) is 0 Å². The molecular weight excluding hydrogens is 284 g/mol. The maximum absolute atomic E-state index is 12.9. The Kier molecular flexibility index (Phi) is 4.33. The molecule has 2 fully saturated rings. The Morgan fingerprint density at radius 3 is 2.67 bits per heavy atom. The van der Waals surface area contributed by atoms with Gasteiger partial charge in [0.2, 0.25) is 0 Å². The van der Waals surface area contributed by atoms with Crippen LogP contribution in [0.4, 0.5) is 5.69 Å². The molecule has 0 aliphatic carbocycles. The molecule has 4 nitrogen and oxygen atoms in total. The van der Waals surface area contributed by atoms with Gasteiger partial charge < -0.3 is 4.74 Å². The smallest absolute Gasteiger partial charge is 0.0827 e. The zero-order valence-corrected chi connectivity index (χ0v) is 13.5. The van der Waals surface area contributed by atoms with Crippen LogP contribution in [0, 0.1) is 0 Å². The zero-order chi connectivity index (χ0) is 14.8. The van der Waals surface area contributed by atoms with Crippen LogP contribution in [0.5, 0.6) is 0 Å². The Hall–Kier alpha value is -0.910. The van der Waals surface area contributed by atoms with Gasteiger partial charge in [-0.15, -0.1) is 0 Å². The van der Waals surface area contributed by atoms with Gasteiger partial charge in [0.05, 0.1) is 27.6 Å². The standard InChI is InChI=1S/C16H24N2O2S/c1-2-18-10-11-20-16(14-18)8-12-21(19,13-9-16)17-15-6-4-3-5-7-15/h3-7H,2,8-14H2,1H3. The van der Waals surface area contributed by atoms with Crippen LogP contribution >= 0.6 is 0 Å². The topological polar surface area (TPSA) is 41.9 Å². The van der Waals surface area contributed by atoms with Crippen molar-refractivity contribution in [2.75, 3.05) is 37.7 Å². The first kappa shape index (κ1) is 15.0. The summed E-state index contributed by atoms with van der Waals surface area (Å²) in [6.45, 7) is 6.04. The fraction of sp³-hybridized carbons (Fsp3) is 0.625. The normalized spacial score (nSPS) is 34.0. The summed E-state index contributed by atoms with van der Waals surface area (Å²) in [5.74, 6) is 1.30. The van der Waals surface area contributed by atoms with Crippen LogP contribution < -0.4 is 0 Å². The van der Waals surface area contributed by atoms with Crippen LogP contribution in [-0.2, 0) is 14.5 Å². The lowest BCUT2D eigenvalue weighted by Crippen LogP contribution is -2.55. The van der Waals surface area contributed by atoms with Crippen molar-refractivity contribution in [2.24, 2.45) is 4.36 Å². The van der Waals surface area contributed by atoms with Crippen molar-refractivity contribution in [1.29, 1.82) is 0 Å². The van der Waals surface area contributed by atoms with Crippen molar-refractivity contribution < 1.29 is 8.95 Å². The van der Waals surface area contributed by atoms with Crippen LogP contribution in [0.15, 0.2) is 34.7 Å². The predicted molar refractivity (Wildman–Crippen MR) is 86.4 cm³/mol. The van der Waals surface area contributed by atoms with Crippen molar-refractivity contribution in [2.45, 2.75) is 25.4 Å². The fourth-order valence-electron chi connectivity index (χ4n) is 3.19. The molecule has 1 aromatic carbocycles. The molecule has 0 unspecified atom stereocenters. The van der Waals surface area contributed by atoms with Gasteiger partial charge in [0, 0.05) is 24.6 Å². The molecule has 0 radical (unpaired) electrons. The molecule has 0 aromatic heterocycles. The maximum Gasteiger partial charge on any atom is 0.0827 e. The largest absolute Gasteiger partial charge is 0.372 e. The van der Waals surface area contributed by atoms with Crippen molar-refractivity contribution in [3.8, 4) is 0 Å². The monoisotopic (exact) mass is 308 g/mol. The van der Waals surface area contributed by atoms with Gasteiger partial charge >= 0.3 is 0 Å². The second-order valence-electron chi connectivity index (χ2n) is 6.01. The lowest BCUT2D eigenvalue weighted by Gasteiger charge is -2.45. The van der Waals surface area contributed by atoms with E-state index in [4.69, 9.17) is 4.74 Å². The molecule has 2 aliphatic rings. The molecule has 0 N–H and O–H groups in total.